The topological polar surface area (TPSA) is 58.6 Å². The normalized spacial score (nSPS) is 28.5. The molecule has 2 fully saturated rings. The molecule has 114 valence electrons. The van der Waals surface area contributed by atoms with Gasteiger partial charge in [-0.25, -0.2) is 0 Å². The number of carbonyl (C=O) groups is 2. The molecule has 0 bridgehead atoms. The number of hydrogen-bond acceptors (Lipinski definition) is 3. The van der Waals surface area contributed by atoms with Gasteiger partial charge in [-0.15, -0.1) is 0 Å². The molecule has 2 rings (SSSR count). The van der Waals surface area contributed by atoms with Crippen molar-refractivity contribution in [1.29, 1.82) is 0 Å². The highest BCUT2D eigenvalue weighted by atomic mass is 16.5. The predicted octanol–water partition coefficient (Wildman–Crippen LogP) is 1.32. The first-order chi connectivity index (χ1) is 9.63. The number of piperidine rings is 1. The molecule has 2 atom stereocenters. The summed E-state index contributed by atoms with van der Waals surface area (Å²) in [6.45, 7) is 0.422. The summed E-state index contributed by atoms with van der Waals surface area (Å²) >= 11 is 0. The Bertz CT molecular complexity index is 353. The highest BCUT2D eigenvalue weighted by Crippen LogP contribution is 2.25. The van der Waals surface area contributed by atoms with Crippen LogP contribution in [0.2, 0.25) is 0 Å². The van der Waals surface area contributed by atoms with Crippen LogP contribution in [-0.4, -0.2) is 49.6 Å². The Kier molecular flexibility index (Phi) is 5.40. The summed E-state index contributed by atoms with van der Waals surface area (Å²) in [6, 6.07) is 0.187. The SMILES string of the molecule is COC[C@@H]1[C@H](C(=O)NC2CCCCC2)CCC(=O)N1C. The van der Waals surface area contributed by atoms with E-state index in [0.29, 0.717) is 25.5 Å². The van der Waals surface area contributed by atoms with Crippen LogP contribution < -0.4 is 5.32 Å². The highest BCUT2D eigenvalue weighted by molar-refractivity contribution is 5.84. The van der Waals surface area contributed by atoms with Crippen molar-refractivity contribution in [3.63, 3.8) is 0 Å². The van der Waals surface area contributed by atoms with Crippen LogP contribution in [0.25, 0.3) is 0 Å². The number of carbonyl (C=O) groups excluding carboxylic acids is 2. The number of likely N-dealkylation sites (N-methyl/N-ethyl adjacent to an activating group) is 1. The van der Waals surface area contributed by atoms with Gasteiger partial charge in [-0.3, -0.25) is 9.59 Å². The molecule has 0 aromatic carbocycles. The zero-order valence-electron chi connectivity index (χ0n) is 12.6. The van der Waals surface area contributed by atoms with E-state index in [9.17, 15) is 9.59 Å². The first kappa shape index (κ1) is 15.3. The Morgan fingerprint density at radius 1 is 1.30 bits per heavy atom. The molecule has 20 heavy (non-hydrogen) atoms. The lowest BCUT2D eigenvalue weighted by atomic mass is 9.87. The van der Waals surface area contributed by atoms with Gasteiger partial charge in [-0.05, 0) is 19.3 Å². The van der Waals surface area contributed by atoms with Crippen LogP contribution in [0.5, 0.6) is 0 Å². The van der Waals surface area contributed by atoms with Gasteiger partial charge in [0.15, 0.2) is 0 Å². The fraction of sp³-hybridized carbons (Fsp3) is 0.867. The minimum Gasteiger partial charge on any atom is -0.383 e. The lowest BCUT2D eigenvalue weighted by Crippen LogP contribution is -2.54. The molecule has 5 nitrogen and oxygen atoms in total. The van der Waals surface area contributed by atoms with E-state index in [0.717, 1.165) is 12.8 Å². The third-order valence-corrected chi connectivity index (χ3v) is 4.65. The largest absolute Gasteiger partial charge is 0.383 e. The Morgan fingerprint density at radius 2 is 2.00 bits per heavy atom. The fourth-order valence-electron chi connectivity index (χ4n) is 3.36. The van der Waals surface area contributed by atoms with Crippen molar-refractivity contribution < 1.29 is 14.3 Å². The van der Waals surface area contributed by atoms with Gasteiger partial charge in [-0.2, -0.15) is 0 Å². The van der Waals surface area contributed by atoms with Gasteiger partial charge in [-0.1, -0.05) is 19.3 Å². The van der Waals surface area contributed by atoms with E-state index in [4.69, 9.17) is 4.74 Å². The summed E-state index contributed by atoms with van der Waals surface area (Å²) in [5.74, 6) is 0.0617. The minimum atomic E-state index is -0.139. The van der Waals surface area contributed by atoms with Crippen molar-refractivity contribution in [1.82, 2.24) is 10.2 Å². The fourth-order valence-corrected chi connectivity index (χ4v) is 3.36. The molecule has 1 saturated heterocycles. The summed E-state index contributed by atoms with van der Waals surface area (Å²) in [7, 11) is 3.38. The lowest BCUT2D eigenvalue weighted by molar-refractivity contribution is -0.143. The molecule has 5 heteroatoms. The van der Waals surface area contributed by atoms with Crippen molar-refractivity contribution in [2.24, 2.45) is 5.92 Å². The van der Waals surface area contributed by atoms with Crippen LogP contribution in [0.4, 0.5) is 0 Å². The first-order valence-corrected chi connectivity index (χ1v) is 7.68. The van der Waals surface area contributed by atoms with E-state index in [1.165, 1.54) is 19.3 Å². The number of hydrogen-bond donors (Lipinski definition) is 1. The summed E-state index contributed by atoms with van der Waals surface area (Å²) in [5, 5.41) is 3.18. The Morgan fingerprint density at radius 3 is 2.65 bits per heavy atom. The van der Waals surface area contributed by atoms with Crippen molar-refractivity contribution in [2.75, 3.05) is 20.8 Å². The smallest absolute Gasteiger partial charge is 0.225 e. The Labute approximate surface area is 121 Å². The van der Waals surface area contributed by atoms with Gasteiger partial charge >= 0.3 is 0 Å². The van der Waals surface area contributed by atoms with Crippen LogP contribution in [0.15, 0.2) is 0 Å². The van der Waals surface area contributed by atoms with E-state index in [1.807, 2.05) is 0 Å². The van der Waals surface area contributed by atoms with Gasteiger partial charge in [0.25, 0.3) is 0 Å². The van der Waals surface area contributed by atoms with E-state index >= 15 is 0 Å². The zero-order chi connectivity index (χ0) is 14.5. The van der Waals surface area contributed by atoms with Crippen molar-refractivity contribution in [3.8, 4) is 0 Å². The number of likely N-dealkylation sites (tertiary alicyclic amines) is 1. The van der Waals surface area contributed by atoms with Crippen molar-refractivity contribution in [2.45, 2.75) is 57.0 Å². The molecule has 0 unspecified atom stereocenters. The van der Waals surface area contributed by atoms with E-state index in [2.05, 4.69) is 5.32 Å². The van der Waals surface area contributed by atoms with Crippen LogP contribution in [0.1, 0.15) is 44.9 Å². The first-order valence-electron chi connectivity index (χ1n) is 7.68. The van der Waals surface area contributed by atoms with Crippen LogP contribution in [-0.2, 0) is 14.3 Å². The molecule has 0 radical (unpaired) electrons. The highest BCUT2D eigenvalue weighted by Gasteiger charge is 2.38. The molecule has 1 saturated carbocycles. The average Bonchev–Trinajstić information content (AvgIpc) is 2.45. The second-order valence-electron chi connectivity index (χ2n) is 6.02. The number of ether oxygens (including phenoxy) is 1. The van der Waals surface area contributed by atoms with Gasteiger partial charge in [0.1, 0.15) is 0 Å². The van der Waals surface area contributed by atoms with Crippen LogP contribution >= 0.6 is 0 Å². The summed E-state index contributed by atoms with van der Waals surface area (Å²) in [4.78, 5) is 26.0. The molecule has 0 aromatic heterocycles. The average molecular weight is 282 g/mol. The van der Waals surface area contributed by atoms with Crippen LogP contribution in [0, 0.1) is 5.92 Å². The monoisotopic (exact) mass is 282 g/mol. The maximum atomic E-state index is 12.5. The molecule has 2 aliphatic rings. The van der Waals surface area contributed by atoms with Gasteiger partial charge in [0.05, 0.1) is 18.6 Å². The zero-order valence-corrected chi connectivity index (χ0v) is 12.6. The third-order valence-electron chi connectivity index (χ3n) is 4.65. The summed E-state index contributed by atoms with van der Waals surface area (Å²) in [5.41, 5.74) is 0. The molecule has 1 aliphatic heterocycles. The number of rotatable bonds is 4. The number of amides is 2. The quantitative estimate of drug-likeness (QED) is 0.846. The maximum absolute atomic E-state index is 12.5. The second kappa shape index (κ2) is 7.07. The molecule has 0 aromatic rings. The van der Waals surface area contributed by atoms with E-state index in [-0.39, 0.29) is 23.8 Å². The molecule has 2 amide bonds. The lowest BCUT2D eigenvalue weighted by Gasteiger charge is -2.38. The third kappa shape index (κ3) is 3.51. The van der Waals surface area contributed by atoms with E-state index < -0.39 is 0 Å². The summed E-state index contributed by atoms with van der Waals surface area (Å²) in [6.07, 6.45) is 6.95. The van der Waals surface area contributed by atoms with Gasteiger partial charge in [0.2, 0.25) is 11.8 Å². The molecule has 1 aliphatic carbocycles. The van der Waals surface area contributed by atoms with E-state index in [1.54, 1.807) is 19.1 Å². The summed E-state index contributed by atoms with van der Waals surface area (Å²) < 4.78 is 5.20. The maximum Gasteiger partial charge on any atom is 0.225 e. The Balaban J connectivity index is 1.96. The van der Waals surface area contributed by atoms with Crippen molar-refractivity contribution >= 4 is 11.8 Å². The molecular formula is C15H26N2O3. The number of nitrogens with one attached hydrogen (secondary N) is 1. The molecular weight excluding hydrogens is 256 g/mol. The molecule has 0 spiro atoms. The standard InChI is InChI=1S/C15H26N2O3/c1-17-13(10-20-2)12(8-9-14(17)18)15(19)16-11-6-4-3-5-7-11/h11-13H,3-10H2,1-2H3,(H,16,19)/t12-,13-/m1/s1. The van der Waals surface area contributed by atoms with Crippen LogP contribution in [0.3, 0.4) is 0 Å². The number of methoxy groups -OCH3 is 1. The minimum absolute atomic E-state index is 0.0956. The molecule has 1 heterocycles. The predicted molar refractivity (Wildman–Crippen MR) is 76.2 cm³/mol. The van der Waals surface area contributed by atoms with Gasteiger partial charge < -0.3 is 15.0 Å². The van der Waals surface area contributed by atoms with Gasteiger partial charge in [0, 0.05) is 26.6 Å². The molecule has 1 N–H and O–H groups in total. The number of nitrogens with zero attached hydrogens (tertiary/aromatic N) is 1. The Hall–Kier alpha value is -1.10. The van der Waals surface area contributed by atoms with Crippen molar-refractivity contribution in [3.05, 3.63) is 0 Å². The second-order valence-corrected chi connectivity index (χ2v) is 6.02.